The Hall–Kier alpha value is -2.70. The van der Waals surface area contributed by atoms with Crippen LogP contribution in [0.25, 0.3) is 11.3 Å². The molecular formula is C20H18ClN3O3. The van der Waals surface area contributed by atoms with Gasteiger partial charge in [0, 0.05) is 34.6 Å². The zero-order chi connectivity index (χ0) is 19.2. The van der Waals surface area contributed by atoms with Crippen molar-refractivity contribution < 1.29 is 9.84 Å². The van der Waals surface area contributed by atoms with Crippen LogP contribution in [0.1, 0.15) is 25.5 Å². The molecule has 1 aliphatic rings. The van der Waals surface area contributed by atoms with Crippen LogP contribution >= 0.6 is 11.6 Å². The summed E-state index contributed by atoms with van der Waals surface area (Å²) in [6.07, 6.45) is 2.23. The lowest BCUT2D eigenvalue weighted by Crippen LogP contribution is -2.52. The molecule has 1 aliphatic heterocycles. The van der Waals surface area contributed by atoms with E-state index in [4.69, 9.17) is 16.3 Å². The molecule has 4 rings (SSSR count). The van der Waals surface area contributed by atoms with E-state index in [9.17, 15) is 9.90 Å². The lowest BCUT2D eigenvalue weighted by Gasteiger charge is -2.41. The molecule has 1 N–H and O–H groups in total. The first-order valence-electron chi connectivity index (χ1n) is 8.53. The summed E-state index contributed by atoms with van der Waals surface area (Å²) in [4.78, 5) is 16.8. The quantitative estimate of drug-likeness (QED) is 0.735. The molecule has 0 saturated carbocycles. The average Bonchev–Trinajstić information content (AvgIpc) is 2.64. The Morgan fingerprint density at radius 3 is 2.63 bits per heavy atom. The van der Waals surface area contributed by atoms with Gasteiger partial charge in [-0.05, 0) is 38.1 Å². The molecule has 2 atom stereocenters. The minimum atomic E-state index is -0.986. The Morgan fingerprint density at radius 1 is 1.15 bits per heavy atom. The summed E-state index contributed by atoms with van der Waals surface area (Å²) in [5.41, 5.74) is 0.834. The average molecular weight is 384 g/mol. The maximum absolute atomic E-state index is 12.6. The SMILES string of the molecule is CC1(C)Oc2ccncc2[C@@H](n2nc(-c3ccc(Cl)cc3)ccc2=O)[C@@H]1O. The Morgan fingerprint density at radius 2 is 1.89 bits per heavy atom. The van der Waals surface area contributed by atoms with Crippen molar-refractivity contribution in [2.24, 2.45) is 0 Å². The van der Waals surface area contributed by atoms with Crippen molar-refractivity contribution in [3.63, 3.8) is 0 Å². The Balaban J connectivity index is 1.88. The van der Waals surface area contributed by atoms with Crippen molar-refractivity contribution in [3.05, 3.63) is 75.8 Å². The van der Waals surface area contributed by atoms with Gasteiger partial charge in [0.2, 0.25) is 0 Å². The number of nitrogens with zero attached hydrogens (tertiary/aromatic N) is 3. The van der Waals surface area contributed by atoms with E-state index in [-0.39, 0.29) is 5.56 Å². The van der Waals surface area contributed by atoms with Crippen LogP contribution in [-0.4, -0.2) is 31.6 Å². The zero-order valence-electron chi connectivity index (χ0n) is 14.8. The van der Waals surface area contributed by atoms with Gasteiger partial charge >= 0.3 is 0 Å². The molecule has 7 heteroatoms. The van der Waals surface area contributed by atoms with E-state index in [1.807, 2.05) is 12.1 Å². The molecule has 3 aromatic rings. The van der Waals surface area contributed by atoms with E-state index in [1.165, 1.54) is 10.7 Å². The third-order valence-corrected chi connectivity index (χ3v) is 4.99. The number of benzene rings is 1. The smallest absolute Gasteiger partial charge is 0.267 e. The van der Waals surface area contributed by atoms with E-state index in [1.54, 1.807) is 50.5 Å². The van der Waals surface area contributed by atoms with Crippen LogP contribution in [0.3, 0.4) is 0 Å². The highest BCUT2D eigenvalue weighted by Gasteiger charge is 2.44. The van der Waals surface area contributed by atoms with Crippen LogP contribution in [0, 0.1) is 0 Å². The van der Waals surface area contributed by atoms with Gasteiger partial charge in [0.1, 0.15) is 23.5 Å². The first-order valence-corrected chi connectivity index (χ1v) is 8.91. The fourth-order valence-corrected chi connectivity index (χ4v) is 3.39. The number of pyridine rings is 1. The summed E-state index contributed by atoms with van der Waals surface area (Å²) >= 11 is 5.95. The zero-order valence-corrected chi connectivity index (χ0v) is 15.6. The Labute approximate surface area is 161 Å². The van der Waals surface area contributed by atoms with Crippen LogP contribution in [0.15, 0.2) is 59.7 Å². The fraction of sp³-hybridized carbons (Fsp3) is 0.250. The van der Waals surface area contributed by atoms with Gasteiger partial charge in [0.25, 0.3) is 5.56 Å². The summed E-state index contributed by atoms with van der Waals surface area (Å²) < 4.78 is 7.21. The van der Waals surface area contributed by atoms with Crippen LogP contribution in [0.2, 0.25) is 5.02 Å². The lowest BCUT2D eigenvalue weighted by molar-refractivity contribution is -0.0668. The number of rotatable bonds is 2. The van der Waals surface area contributed by atoms with Crippen molar-refractivity contribution in [2.75, 3.05) is 0 Å². The van der Waals surface area contributed by atoms with E-state index >= 15 is 0 Å². The van der Waals surface area contributed by atoms with Gasteiger partial charge in [0.05, 0.1) is 5.69 Å². The molecule has 2 aromatic heterocycles. The molecule has 3 heterocycles. The number of fused-ring (bicyclic) bond motifs is 1. The Bertz CT molecular complexity index is 1050. The van der Waals surface area contributed by atoms with Crippen LogP contribution in [-0.2, 0) is 0 Å². The first kappa shape index (κ1) is 17.7. The number of aliphatic hydroxyl groups excluding tert-OH is 1. The predicted molar refractivity (Wildman–Crippen MR) is 102 cm³/mol. The van der Waals surface area contributed by atoms with Gasteiger partial charge in [-0.15, -0.1) is 0 Å². The standard InChI is InChI=1S/C20H18ClN3O3/c1-20(2)19(26)18(14-11-22-10-9-16(14)27-20)24-17(25)8-7-15(23-24)12-3-5-13(21)6-4-12/h3-11,18-19,26H,1-2H3/t18-,19+/m1/s1. The summed E-state index contributed by atoms with van der Waals surface area (Å²) in [6.45, 7) is 3.56. The molecular weight excluding hydrogens is 366 g/mol. The maximum Gasteiger partial charge on any atom is 0.267 e. The lowest BCUT2D eigenvalue weighted by atomic mass is 9.87. The van der Waals surface area contributed by atoms with Crippen molar-refractivity contribution >= 4 is 11.6 Å². The third-order valence-electron chi connectivity index (χ3n) is 4.74. The molecule has 0 unspecified atom stereocenters. The van der Waals surface area contributed by atoms with Crippen molar-refractivity contribution in [1.82, 2.24) is 14.8 Å². The number of halogens is 1. The van der Waals surface area contributed by atoms with Gasteiger partial charge in [-0.2, -0.15) is 5.10 Å². The largest absolute Gasteiger partial charge is 0.485 e. The van der Waals surface area contributed by atoms with E-state index in [0.29, 0.717) is 22.0 Å². The number of hydrogen-bond donors (Lipinski definition) is 1. The number of hydrogen-bond acceptors (Lipinski definition) is 5. The van der Waals surface area contributed by atoms with Gasteiger partial charge in [-0.1, -0.05) is 23.7 Å². The minimum absolute atomic E-state index is 0.315. The minimum Gasteiger partial charge on any atom is -0.485 e. The van der Waals surface area contributed by atoms with Crippen molar-refractivity contribution in [3.8, 4) is 17.0 Å². The molecule has 0 saturated heterocycles. The molecule has 0 amide bonds. The van der Waals surface area contributed by atoms with Gasteiger partial charge in [0.15, 0.2) is 0 Å². The maximum atomic E-state index is 12.6. The van der Waals surface area contributed by atoms with E-state index < -0.39 is 17.7 Å². The van der Waals surface area contributed by atoms with Crippen molar-refractivity contribution in [2.45, 2.75) is 31.6 Å². The molecule has 0 bridgehead atoms. The normalized spacial score (nSPS) is 20.6. The highest BCUT2D eigenvalue weighted by atomic mass is 35.5. The molecule has 1 aromatic carbocycles. The second-order valence-corrected chi connectivity index (χ2v) is 7.45. The topological polar surface area (TPSA) is 77.2 Å². The fourth-order valence-electron chi connectivity index (χ4n) is 3.27. The van der Waals surface area contributed by atoms with Gasteiger partial charge < -0.3 is 9.84 Å². The van der Waals surface area contributed by atoms with Gasteiger partial charge in [-0.3, -0.25) is 9.78 Å². The van der Waals surface area contributed by atoms with Crippen LogP contribution in [0.4, 0.5) is 0 Å². The predicted octanol–water partition coefficient (Wildman–Crippen LogP) is 3.08. The number of aliphatic hydroxyl groups is 1. The highest BCUT2D eigenvalue weighted by molar-refractivity contribution is 6.30. The van der Waals surface area contributed by atoms with Gasteiger partial charge in [-0.25, -0.2) is 4.68 Å². The number of aromatic nitrogens is 3. The molecule has 0 radical (unpaired) electrons. The number of ether oxygens (including phenoxy) is 1. The van der Waals surface area contributed by atoms with Crippen molar-refractivity contribution in [1.29, 1.82) is 0 Å². The monoisotopic (exact) mass is 383 g/mol. The molecule has 0 aliphatic carbocycles. The summed E-state index contributed by atoms with van der Waals surface area (Å²) in [5, 5.41) is 16.1. The van der Waals surface area contributed by atoms with Crippen LogP contribution in [0.5, 0.6) is 5.75 Å². The second kappa shape index (κ2) is 6.48. The Kier molecular flexibility index (Phi) is 4.25. The van der Waals surface area contributed by atoms with Crippen LogP contribution < -0.4 is 10.3 Å². The summed E-state index contributed by atoms with van der Waals surface area (Å²) in [6, 6.07) is 11.3. The van der Waals surface area contributed by atoms with E-state index in [2.05, 4.69) is 10.1 Å². The molecule has 0 fully saturated rings. The summed E-state index contributed by atoms with van der Waals surface area (Å²) in [5.74, 6) is 0.580. The first-order chi connectivity index (χ1) is 12.9. The molecule has 27 heavy (non-hydrogen) atoms. The highest BCUT2D eigenvalue weighted by Crippen LogP contribution is 2.40. The summed E-state index contributed by atoms with van der Waals surface area (Å²) in [7, 11) is 0. The molecule has 6 nitrogen and oxygen atoms in total. The molecule has 0 spiro atoms. The second-order valence-electron chi connectivity index (χ2n) is 7.02. The molecule has 138 valence electrons. The van der Waals surface area contributed by atoms with E-state index in [0.717, 1.165) is 5.56 Å². The third kappa shape index (κ3) is 3.11.